The van der Waals surface area contributed by atoms with Crippen LogP contribution in [0.2, 0.25) is 0 Å². The highest BCUT2D eigenvalue weighted by Crippen LogP contribution is 2.25. The van der Waals surface area contributed by atoms with Crippen LogP contribution in [0, 0.1) is 11.8 Å². The topological polar surface area (TPSA) is 0 Å². The van der Waals surface area contributed by atoms with Gasteiger partial charge in [-0.05, 0) is 11.8 Å². The van der Waals surface area contributed by atoms with Crippen molar-refractivity contribution in [1.82, 2.24) is 0 Å². The van der Waals surface area contributed by atoms with Crippen LogP contribution in [-0.4, -0.2) is 6.67 Å². The second kappa shape index (κ2) is 12.4. The van der Waals surface area contributed by atoms with Crippen LogP contribution in [0.4, 0.5) is 4.39 Å². The molecule has 0 saturated heterocycles. The highest BCUT2D eigenvalue weighted by atomic mass is 19.1. The van der Waals surface area contributed by atoms with Gasteiger partial charge in [0.15, 0.2) is 0 Å². The first-order valence-corrected chi connectivity index (χ1v) is 7.82. The quantitative estimate of drug-likeness (QED) is 0.361. The number of rotatable bonds is 12. The van der Waals surface area contributed by atoms with Crippen LogP contribution in [0.5, 0.6) is 0 Å². The van der Waals surface area contributed by atoms with Crippen LogP contribution in [-0.2, 0) is 0 Å². The highest BCUT2D eigenvalue weighted by molar-refractivity contribution is 4.66. The predicted molar refractivity (Wildman–Crippen MR) is 76.1 cm³/mol. The minimum absolute atomic E-state index is 0.133. The van der Waals surface area contributed by atoms with Crippen LogP contribution < -0.4 is 0 Å². The first kappa shape index (κ1) is 16.9. The average molecular weight is 244 g/mol. The molecule has 0 amide bonds. The molecular weight excluding hydrogens is 211 g/mol. The zero-order valence-electron chi connectivity index (χ0n) is 12.3. The van der Waals surface area contributed by atoms with E-state index >= 15 is 0 Å². The molecule has 0 rings (SSSR count). The lowest BCUT2D eigenvalue weighted by Gasteiger charge is -2.21. The van der Waals surface area contributed by atoms with Crippen molar-refractivity contribution in [2.75, 3.05) is 6.67 Å². The zero-order chi connectivity index (χ0) is 12.9. The summed E-state index contributed by atoms with van der Waals surface area (Å²) >= 11 is 0. The molecule has 0 N–H and O–H groups in total. The van der Waals surface area contributed by atoms with Gasteiger partial charge in [0.2, 0.25) is 0 Å². The van der Waals surface area contributed by atoms with Gasteiger partial charge < -0.3 is 0 Å². The Morgan fingerprint density at radius 3 is 1.59 bits per heavy atom. The number of hydrogen-bond acceptors (Lipinski definition) is 0. The third-order valence-electron chi connectivity index (χ3n) is 3.91. The third kappa shape index (κ3) is 9.62. The number of alkyl halides is 1. The van der Waals surface area contributed by atoms with Crippen molar-refractivity contribution < 1.29 is 4.39 Å². The van der Waals surface area contributed by atoms with Crippen molar-refractivity contribution in [1.29, 1.82) is 0 Å². The Balaban J connectivity index is 3.72. The maximum Gasteiger partial charge on any atom is 0.0922 e. The van der Waals surface area contributed by atoms with Gasteiger partial charge in [0, 0.05) is 0 Å². The Morgan fingerprint density at radius 2 is 1.24 bits per heavy atom. The molecule has 0 saturated carbocycles. The minimum Gasteiger partial charge on any atom is -0.251 e. The Bertz CT molecular complexity index is 132. The molecule has 1 heteroatoms. The van der Waals surface area contributed by atoms with Gasteiger partial charge >= 0.3 is 0 Å². The van der Waals surface area contributed by atoms with Crippen molar-refractivity contribution >= 4 is 0 Å². The van der Waals surface area contributed by atoms with Crippen molar-refractivity contribution in [3.05, 3.63) is 0 Å². The van der Waals surface area contributed by atoms with Gasteiger partial charge in [0.1, 0.15) is 0 Å². The Morgan fingerprint density at radius 1 is 0.765 bits per heavy atom. The van der Waals surface area contributed by atoms with E-state index in [1.807, 2.05) is 0 Å². The van der Waals surface area contributed by atoms with E-state index in [1.165, 1.54) is 64.2 Å². The van der Waals surface area contributed by atoms with Crippen LogP contribution >= 0.6 is 0 Å². The summed E-state index contributed by atoms with van der Waals surface area (Å²) in [6.07, 6.45) is 13.0. The summed E-state index contributed by atoms with van der Waals surface area (Å²) < 4.78 is 12.8. The van der Waals surface area contributed by atoms with E-state index in [0.29, 0.717) is 5.92 Å². The van der Waals surface area contributed by atoms with Gasteiger partial charge in [0.25, 0.3) is 0 Å². The Labute approximate surface area is 108 Å². The van der Waals surface area contributed by atoms with E-state index in [9.17, 15) is 4.39 Å². The first-order chi connectivity index (χ1) is 8.26. The molecule has 0 aliphatic heterocycles. The summed E-state index contributed by atoms with van der Waals surface area (Å²) in [5, 5.41) is 0. The van der Waals surface area contributed by atoms with Crippen molar-refractivity contribution in [2.24, 2.45) is 11.8 Å². The van der Waals surface area contributed by atoms with Crippen LogP contribution in [0.25, 0.3) is 0 Å². The molecule has 104 valence electrons. The maximum atomic E-state index is 12.8. The van der Waals surface area contributed by atoms with Crippen molar-refractivity contribution in [3.63, 3.8) is 0 Å². The molecule has 0 aliphatic carbocycles. The summed E-state index contributed by atoms with van der Waals surface area (Å²) in [6, 6.07) is 0. The number of unbranched alkanes of at least 4 members (excludes halogenated alkanes) is 6. The van der Waals surface area contributed by atoms with Crippen molar-refractivity contribution in [2.45, 2.75) is 85.0 Å². The molecule has 0 radical (unpaired) electrons. The Hall–Kier alpha value is -0.0700. The van der Waals surface area contributed by atoms with Crippen molar-refractivity contribution in [3.8, 4) is 0 Å². The average Bonchev–Trinajstić information content (AvgIpc) is 2.36. The molecule has 0 aromatic heterocycles. The minimum atomic E-state index is -0.133. The predicted octanol–water partition coefficient (Wildman–Crippen LogP) is 6.15. The van der Waals surface area contributed by atoms with Crippen LogP contribution in [0.3, 0.4) is 0 Å². The molecule has 0 fully saturated rings. The lowest BCUT2D eigenvalue weighted by atomic mass is 9.85. The van der Waals surface area contributed by atoms with E-state index in [1.54, 1.807) is 0 Å². The smallest absolute Gasteiger partial charge is 0.0922 e. The summed E-state index contributed by atoms with van der Waals surface area (Å²) in [6.45, 7) is 6.44. The Kier molecular flexibility index (Phi) is 12.3. The number of halogens is 1. The normalized spacial score (nSPS) is 13.2. The standard InChI is InChI=1S/C16H33F/c1-4-6-8-10-12-16(15(3)14-17)13-11-9-7-5-2/h15-16H,4-14H2,1-3H3/t15-/m1/s1. The van der Waals surface area contributed by atoms with Crippen LogP contribution in [0.1, 0.15) is 85.0 Å². The van der Waals surface area contributed by atoms with Gasteiger partial charge in [-0.15, -0.1) is 0 Å². The maximum absolute atomic E-state index is 12.8. The SMILES string of the molecule is CCCCCCC(CCCCCC)[C@H](C)CF. The summed E-state index contributed by atoms with van der Waals surface area (Å²) in [5.74, 6) is 0.909. The molecule has 0 unspecified atom stereocenters. The molecule has 0 spiro atoms. The van der Waals surface area contributed by atoms with Gasteiger partial charge in [-0.1, -0.05) is 85.0 Å². The highest BCUT2D eigenvalue weighted by Gasteiger charge is 2.16. The first-order valence-electron chi connectivity index (χ1n) is 7.82. The van der Waals surface area contributed by atoms with E-state index < -0.39 is 0 Å². The summed E-state index contributed by atoms with van der Waals surface area (Å²) in [5.41, 5.74) is 0. The summed E-state index contributed by atoms with van der Waals surface area (Å²) in [7, 11) is 0. The van der Waals surface area contributed by atoms with E-state index in [0.717, 1.165) is 0 Å². The van der Waals surface area contributed by atoms with Gasteiger partial charge in [0.05, 0.1) is 6.67 Å². The second-order valence-electron chi connectivity index (χ2n) is 5.59. The van der Waals surface area contributed by atoms with E-state index in [4.69, 9.17) is 0 Å². The molecule has 0 bridgehead atoms. The molecule has 0 heterocycles. The monoisotopic (exact) mass is 244 g/mol. The van der Waals surface area contributed by atoms with Gasteiger partial charge in [-0.2, -0.15) is 0 Å². The fourth-order valence-corrected chi connectivity index (χ4v) is 2.51. The largest absolute Gasteiger partial charge is 0.251 e. The second-order valence-corrected chi connectivity index (χ2v) is 5.59. The lowest BCUT2D eigenvalue weighted by molar-refractivity contribution is 0.243. The summed E-state index contributed by atoms with van der Waals surface area (Å²) in [4.78, 5) is 0. The molecular formula is C16H33F. The molecule has 17 heavy (non-hydrogen) atoms. The molecule has 1 atom stereocenters. The number of hydrogen-bond donors (Lipinski definition) is 0. The van der Waals surface area contributed by atoms with Gasteiger partial charge in [-0.25, -0.2) is 0 Å². The molecule has 0 aromatic carbocycles. The molecule has 0 aromatic rings. The fourth-order valence-electron chi connectivity index (χ4n) is 2.51. The van der Waals surface area contributed by atoms with E-state index in [-0.39, 0.29) is 12.6 Å². The molecule has 0 aliphatic rings. The zero-order valence-corrected chi connectivity index (χ0v) is 12.3. The lowest BCUT2D eigenvalue weighted by Crippen LogP contribution is -2.14. The van der Waals surface area contributed by atoms with E-state index in [2.05, 4.69) is 20.8 Å². The van der Waals surface area contributed by atoms with Crippen LogP contribution in [0.15, 0.2) is 0 Å². The molecule has 0 nitrogen and oxygen atoms in total. The third-order valence-corrected chi connectivity index (χ3v) is 3.91. The van der Waals surface area contributed by atoms with Gasteiger partial charge in [-0.3, -0.25) is 4.39 Å². The fraction of sp³-hybridized carbons (Fsp3) is 1.00.